The summed E-state index contributed by atoms with van der Waals surface area (Å²) in [4.78, 5) is 32.7. The van der Waals surface area contributed by atoms with Crippen molar-refractivity contribution in [1.82, 2.24) is 5.32 Å². The predicted molar refractivity (Wildman–Crippen MR) is 93.4 cm³/mol. The Morgan fingerprint density at radius 1 is 0.800 bits per heavy atom. The predicted octanol–water partition coefficient (Wildman–Crippen LogP) is 0.681. The quantitative estimate of drug-likeness (QED) is 0.312. The number of unbranched alkanes of at least 4 members (excludes halogenated alkanes) is 10. The minimum atomic E-state index is -1.61. The summed E-state index contributed by atoms with van der Waals surface area (Å²) in [5.41, 5.74) is 0. The number of carboxylic acids is 2. The zero-order valence-electron chi connectivity index (χ0n) is 15.5. The largest absolute Gasteiger partial charge is 2.00 e. The van der Waals surface area contributed by atoms with Crippen LogP contribution in [-0.4, -0.2) is 61.6 Å². The van der Waals surface area contributed by atoms with Gasteiger partial charge in [-0.15, -0.1) is 0 Å². The Balaban J connectivity index is 0. The molecule has 1 atom stereocenters. The molecule has 140 valence electrons. The number of carboxylic acid groups (broad SMARTS) is 2. The Labute approximate surface area is 181 Å². The van der Waals surface area contributed by atoms with E-state index < -0.39 is 30.3 Å². The Bertz CT molecular complexity index is 376. The van der Waals surface area contributed by atoms with Gasteiger partial charge in [0.25, 0.3) is 0 Å². The van der Waals surface area contributed by atoms with Crippen molar-refractivity contribution in [2.24, 2.45) is 0 Å². The van der Waals surface area contributed by atoms with Crippen LogP contribution in [0.1, 0.15) is 90.4 Å². The molecule has 0 fully saturated rings. The van der Waals surface area contributed by atoms with E-state index in [2.05, 4.69) is 12.2 Å². The fourth-order valence-corrected chi connectivity index (χ4v) is 2.58. The molecule has 0 saturated heterocycles. The van der Waals surface area contributed by atoms with Gasteiger partial charge >= 0.3 is 37.7 Å². The maximum Gasteiger partial charge on any atom is 2.00 e. The molecule has 0 bridgehead atoms. The first-order chi connectivity index (χ1) is 11.5. The molecule has 1 N–H and O–H groups in total. The molecule has 0 aromatic carbocycles. The molecule has 25 heavy (non-hydrogen) atoms. The van der Waals surface area contributed by atoms with Gasteiger partial charge in [-0.25, -0.2) is 0 Å². The summed E-state index contributed by atoms with van der Waals surface area (Å²) in [5.74, 6) is -3.59. The summed E-state index contributed by atoms with van der Waals surface area (Å²) < 4.78 is 0. The fourth-order valence-electron chi connectivity index (χ4n) is 2.58. The number of nitrogens with one attached hydrogen (secondary N) is 1. The van der Waals surface area contributed by atoms with Crippen LogP contribution >= 0.6 is 0 Å². The Hall–Kier alpha value is -0.330. The van der Waals surface area contributed by atoms with Crippen LogP contribution in [0.3, 0.4) is 0 Å². The third-order valence-electron chi connectivity index (χ3n) is 4.00. The van der Waals surface area contributed by atoms with Crippen LogP contribution in [0.4, 0.5) is 0 Å². The maximum absolute atomic E-state index is 11.6. The molecule has 0 aliphatic rings. The summed E-state index contributed by atoms with van der Waals surface area (Å²) >= 11 is 0. The summed E-state index contributed by atoms with van der Waals surface area (Å²) in [7, 11) is 0. The average molecular weight is 382 g/mol. The van der Waals surface area contributed by atoms with Gasteiger partial charge in [-0.2, -0.15) is 0 Å². The Morgan fingerprint density at radius 3 is 1.64 bits per heavy atom. The first-order valence-corrected chi connectivity index (χ1v) is 9.17. The number of aliphatic carboxylic acids is 2. The molecule has 0 radical (unpaired) electrons. The summed E-state index contributed by atoms with van der Waals surface area (Å²) in [6.07, 6.45) is 12.3. The van der Waals surface area contributed by atoms with Gasteiger partial charge in [-0.3, -0.25) is 4.79 Å². The number of amides is 1. The molecule has 0 aromatic heterocycles. The van der Waals surface area contributed by atoms with Crippen molar-refractivity contribution in [1.29, 1.82) is 0 Å². The zero-order valence-corrected chi connectivity index (χ0v) is 17.7. The van der Waals surface area contributed by atoms with E-state index in [1.165, 1.54) is 44.9 Å². The molecule has 6 nitrogen and oxygen atoms in total. The van der Waals surface area contributed by atoms with Crippen molar-refractivity contribution in [3.05, 3.63) is 0 Å². The standard InChI is InChI=1S/C18H33NO5.Ca/c1-2-3-4-5-6-7-8-9-10-11-12-13-16(20)19-15(18(23)24)14-17(21)22;/h15H,2-14H2,1H3,(H,19,20)(H,21,22)(H,23,24);/q;+2/p-2/t15-;/m1./s1. The molecule has 0 aliphatic heterocycles. The van der Waals surface area contributed by atoms with E-state index in [1.807, 2.05) is 0 Å². The second-order valence-electron chi connectivity index (χ2n) is 6.30. The summed E-state index contributed by atoms with van der Waals surface area (Å²) in [6, 6.07) is -1.52. The molecular formula is C18H31CaNO5. The second-order valence-corrected chi connectivity index (χ2v) is 6.30. The van der Waals surface area contributed by atoms with Gasteiger partial charge in [-0.05, 0) is 6.42 Å². The zero-order chi connectivity index (χ0) is 18.2. The molecule has 1 amide bonds. The summed E-state index contributed by atoms with van der Waals surface area (Å²) in [6.45, 7) is 2.21. The molecule has 0 rings (SSSR count). The van der Waals surface area contributed by atoms with Crippen LogP contribution in [-0.2, 0) is 14.4 Å². The number of hydrogen-bond acceptors (Lipinski definition) is 5. The molecule has 0 unspecified atom stereocenters. The van der Waals surface area contributed by atoms with Crippen molar-refractivity contribution in [3.8, 4) is 0 Å². The molecular weight excluding hydrogens is 350 g/mol. The molecule has 0 aromatic rings. The van der Waals surface area contributed by atoms with E-state index in [-0.39, 0.29) is 44.2 Å². The van der Waals surface area contributed by atoms with Crippen molar-refractivity contribution >= 4 is 55.6 Å². The van der Waals surface area contributed by atoms with Crippen LogP contribution in [0.2, 0.25) is 0 Å². The van der Waals surface area contributed by atoms with Gasteiger partial charge in [-0.1, -0.05) is 71.1 Å². The topological polar surface area (TPSA) is 109 Å². The van der Waals surface area contributed by atoms with Crippen LogP contribution in [0.5, 0.6) is 0 Å². The Morgan fingerprint density at radius 2 is 1.24 bits per heavy atom. The van der Waals surface area contributed by atoms with Crippen molar-refractivity contribution in [2.45, 2.75) is 96.4 Å². The Kier molecular flexibility index (Phi) is 19.9. The minimum absolute atomic E-state index is 0. The van der Waals surface area contributed by atoms with E-state index in [1.54, 1.807) is 0 Å². The normalized spacial score (nSPS) is 11.4. The fraction of sp³-hybridized carbons (Fsp3) is 0.833. The van der Waals surface area contributed by atoms with Gasteiger partial charge in [0.15, 0.2) is 0 Å². The van der Waals surface area contributed by atoms with E-state index in [9.17, 15) is 24.6 Å². The average Bonchev–Trinajstić information content (AvgIpc) is 2.51. The number of carbonyl (C=O) groups excluding carboxylic acids is 3. The van der Waals surface area contributed by atoms with Crippen LogP contribution in [0, 0.1) is 0 Å². The van der Waals surface area contributed by atoms with Gasteiger partial charge < -0.3 is 25.1 Å². The third kappa shape index (κ3) is 18.3. The van der Waals surface area contributed by atoms with Gasteiger partial charge in [0.1, 0.15) is 0 Å². The van der Waals surface area contributed by atoms with Crippen LogP contribution < -0.4 is 15.5 Å². The van der Waals surface area contributed by atoms with E-state index in [0.29, 0.717) is 6.42 Å². The summed E-state index contributed by atoms with van der Waals surface area (Å²) in [5, 5.41) is 23.3. The van der Waals surface area contributed by atoms with Gasteiger partial charge in [0.05, 0.1) is 12.0 Å². The smallest absolute Gasteiger partial charge is 0.550 e. The molecule has 0 aliphatic carbocycles. The SMILES string of the molecule is CCCCCCCCCCCCCC(=O)N[C@H](CC(=O)[O-])C(=O)[O-].[Ca+2]. The maximum atomic E-state index is 11.6. The minimum Gasteiger partial charge on any atom is -0.550 e. The molecule has 0 saturated carbocycles. The van der Waals surface area contributed by atoms with Crippen LogP contribution in [0.15, 0.2) is 0 Å². The van der Waals surface area contributed by atoms with E-state index in [0.717, 1.165) is 19.3 Å². The molecule has 0 spiro atoms. The monoisotopic (exact) mass is 381 g/mol. The van der Waals surface area contributed by atoms with Gasteiger partial charge in [0, 0.05) is 18.8 Å². The van der Waals surface area contributed by atoms with Gasteiger partial charge in [0.2, 0.25) is 5.91 Å². The molecule has 7 heteroatoms. The number of rotatable bonds is 16. The third-order valence-corrected chi connectivity index (χ3v) is 4.00. The number of hydrogen-bond donors (Lipinski definition) is 1. The van der Waals surface area contributed by atoms with Crippen LogP contribution in [0.25, 0.3) is 0 Å². The second kappa shape index (κ2) is 18.5. The first kappa shape index (κ1) is 26.9. The van der Waals surface area contributed by atoms with E-state index in [4.69, 9.17) is 0 Å². The van der Waals surface area contributed by atoms with Crippen molar-refractivity contribution < 1.29 is 24.6 Å². The molecule has 0 heterocycles. The number of carbonyl (C=O) groups is 3. The van der Waals surface area contributed by atoms with Crippen molar-refractivity contribution in [2.75, 3.05) is 0 Å². The first-order valence-electron chi connectivity index (χ1n) is 9.17. The van der Waals surface area contributed by atoms with Crippen molar-refractivity contribution in [3.63, 3.8) is 0 Å². The van der Waals surface area contributed by atoms with E-state index >= 15 is 0 Å².